The normalized spacial score (nSPS) is 10.4. The third-order valence-corrected chi connectivity index (χ3v) is 3.67. The molecule has 2 aromatic carbocycles. The first-order chi connectivity index (χ1) is 13.6. The number of anilines is 2. The van der Waals surface area contributed by atoms with E-state index in [0.29, 0.717) is 11.8 Å². The summed E-state index contributed by atoms with van der Waals surface area (Å²) in [5, 5.41) is 41.8. The van der Waals surface area contributed by atoms with E-state index in [-0.39, 0.29) is 17.2 Å². The minimum Gasteiger partial charge on any atom is -0.378 e. The molecular formula is C17H15N7O5. The van der Waals surface area contributed by atoms with Gasteiger partial charge in [0.1, 0.15) is 11.8 Å². The van der Waals surface area contributed by atoms with E-state index in [1.54, 1.807) is 37.2 Å². The maximum absolute atomic E-state index is 11.5. The lowest BCUT2D eigenvalue weighted by Crippen LogP contribution is -2.10. The predicted octanol–water partition coefficient (Wildman–Crippen LogP) is 3.81. The van der Waals surface area contributed by atoms with Gasteiger partial charge in [0.2, 0.25) is 5.91 Å². The Morgan fingerprint density at radius 1 is 1.14 bits per heavy atom. The zero-order chi connectivity index (χ0) is 21.7. The molecular weight excluding hydrogens is 382 g/mol. The molecule has 1 N–H and O–H groups in total. The number of hydrogen-bond acceptors (Lipinski definition) is 9. The highest BCUT2D eigenvalue weighted by Crippen LogP contribution is 2.37. The summed E-state index contributed by atoms with van der Waals surface area (Å²) >= 11 is 0. The average Bonchev–Trinajstić information content (AvgIpc) is 2.65. The van der Waals surface area contributed by atoms with Crippen LogP contribution in [0.5, 0.6) is 0 Å². The number of carbonyl (C=O) groups is 1. The molecule has 0 radical (unpaired) electrons. The molecule has 0 aliphatic heterocycles. The maximum atomic E-state index is 11.5. The van der Waals surface area contributed by atoms with Crippen LogP contribution in [0.3, 0.4) is 0 Å². The van der Waals surface area contributed by atoms with Gasteiger partial charge in [0.05, 0.1) is 27.2 Å². The molecule has 0 heterocycles. The minimum atomic E-state index is -0.883. The summed E-state index contributed by atoms with van der Waals surface area (Å²) < 4.78 is 0. The van der Waals surface area contributed by atoms with Crippen LogP contribution in [0.15, 0.2) is 40.6 Å². The molecule has 0 atom stereocenters. The summed E-state index contributed by atoms with van der Waals surface area (Å²) in [5.74, 6) is -0.364. The van der Waals surface area contributed by atoms with Crippen LogP contribution in [0.4, 0.5) is 34.1 Å². The van der Waals surface area contributed by atoms with Gasteiger partial charge in [0, 0.05) is 32.8 Å². The van der Waals surface area contributed by atoms with E-state index in [9.17, 15) is 30.3 Å². The van der Waals surface area contributed by atoms with Crippen molar-refractivity contribution in [3.63, 3.8) is 0 Å². The lowest BCUT2D eigenvalue weighted by atomic mass is 10.1. The highest BCUT2D eigenvalue weighted by atomic mass is 16.6. The Morgan fingerprint density at radius 2 is 1.83 bits per heavy atom. The number of nitrogens with one attached hydrogen (secondary N) is 1. The molecule has 0 saturated heterocycles. The van der Waals surface area contributed by atoms with Crippen molar-refractivity contribution in [2.45, 2.75) is 6.92 Å². The molecule has 0 fully saturated rings. The van der Waals surface area contributed by atoms with Gasteiger partial charge in [-0.1, -0.05) is 0 Å². The largest absolute Gasteiger partial charge is 0.378 e. The first-order valence-electron chi connectivity index (χ1n) is 8.01. The zero-order valence-electron chi connectivity index (χ0n) is 15.6. The Labute approximate surface area is 164 Å². The van der Waals surface area contributed by atoms with E-state index < -0.39 is 26.9 Å². The van der Waals surface area contributed by atoms with Gasteiger partial charge >= 0.3 is 5.69 Å². The van der Waals surface area contributed by atoms with E-state index in [1.807, 2.05) is 0 Å². The summed E-state index contributed by atoms with van der Waals surface area (Å²) in [5.41, 5.74) is -0.897. The molecule has 0 aromatic heterocycles. The Morgan fingerprint density at radius 3 is 2.34 bits per heavy atom. The SMILES string of the molecule is CC(=O)Nc1cc(N(C)C)ccc1N=Nc1c(C#N)cc([N+](=O)[O-])cc1[N+](=O)[O-]. The number of nitro benzene ring substituents is 2. The Hall–Kier alpha value is -4.40. The summed E-state index contributed by atoms with van der Waals surface area (Å²) in [7, 11) is 3.60. The van der Waals surface area contributed by atoms with Crippen molar-refractivity contribution in [3.8, 4) is 6.07 Å². The number of azo groups is 1. The molecule has 0 aliphatic carbocycles. The average molecular weight is 397 g/mol. The summed E-state index contributed by atoms with van der Waals surface area (Å²) in [6.45, 7) is 1.30. The number of nitro groups is 2. The second-order valence-corrected chi connectivity index (χ2v) is 5.96. The van der Waals surface area contributed by atoms with Crippen LogP contribution < -0.4 is 10.2 Å². The fourth-order valence-electron chi connectivity index (χ4n) is 2.32. The quantitative estimate of drug-likeness (QED) is 0.439. The third kappa shape index (κ3) is 4.86. The highest BCUT2D eigenvalue weighted by molar-refractivity contribution is 5.93. The van der Waals surface area contributed by atoms with Crippen LogP contribution in [-0.4, -0.2) is 29.8 Å². The number of benzene rings is 2. The fraction of sp³-hybridized carbons (Fsp3) is 0.176. The van der Waals surface area contributed by atoms with Crippen molar-refractivity contribution in [1.29, 1.82) is 5.26 Å². The first-order valence-corrected chi connectivity index (χ1v) is 8.01. The van der Waals surface area contributed by atoms with Crippen LogP contribution in [0.2, 0.25) is 0 Å². The molecule has 0 unspecified atom stereocenters. The Balaban J connectivity index is 2.62. The van der Waals surface area contributed by atoms with Gasteiger partial charge in [-0.25, -0.2) is 0 Å². The van der Waals surface area contributed by atoms with Gasteiger partial charge < -0.3 is 10.2 Å². The number of non-ortho nitro benzene ring substituents is 1. The van der Waals surface area contributed by atoms with Crippen LogP contribution >= 0.6 is 0 Å². The van der Waals surface area contributed by atoms with Crippen LogP contribution in [0.1, 0.15) is 12.5 Å². The molecule has 1 amide bonds. The smallest absolute Gasteiger partial charge is 0.304 e. The second kappa shape index (κ2) is 8.53. The number of amides is 1. The number of hydrogen-bond donors (Lipinski definition) is 1. The minimum absolute atomic E-state index is 0.183. The van der Waals surface area contributed by atoms with Gasteiger partial charge in [-0.05, 0) is 18.2 Å². The Bertz CT molecular complexity index is 1070. The predicted molar refractivity (Wildman–Crippen MR) is 104 cm³/mol. The van der Waals surface area contributed by atoms with Gasteiger partial charge in [-0.3, -0.25) is 25.0 Å². The Kier molecular flexibility index (Phi) is 6.15. The van der Waals surface area contributed by atoms with Crippen LogP contribution in [0, 0.1) is 31.6 Å². The van der Waals surface area contributed by atoms with E-state index in [4.69, 9.17) is 0 Å². The topological polar surface area (TPSA) is 167 Å². The molecule has 12 nitrogen and oxygen atoms in total. The lowest BCUT2D eigenvalue weighted by Gasteiger charge is -2.15. The van der Waals surface area contributed by atoms with Crippen molar-refractivity contribution in [2.75, 3.05) is 24.3 Å². The second-order valence-electron chi connectivity index (χ2n) is 5.96. The summed E-state index contributed by atoms with van der Waals surface area (Å²) in [4.78, 5) is 33.8. The molecule has 0 aliphatic rings. The zero-order valence-corrected chi connectivity index (χ0v) is 15.6. The number of nitrogens with zero attached hydrogens (tertiary/aromatic N) is 6. The molecule has 12 heteroatoms. The van der Waals surface area contributed by atoms with E-state index in [2.05, 4.69) is 15.5 Å². The molecule has 148 valence electrons. The van der Waals surface area contributed by atoms with Crippen LogP contribution in [-0.2, 0) is 4.79 Å². The van der Waals surface area contributed by atoms with Gasteiger partial charge in [0.15, 0.2) is 5.69 Å². The third-order valence-electron chi connectivity index (χ3n) is 3.67. The van der Waals surface area contributed by atoms with Crippen LogP contribution in [0.25, 0.3) is 0 Å². The van der Waals surface area contributed by atoms with Crippen molar-refractivity contribution < 1.29 is 14.6 Å². The summed E-state index contributed by atoms with van der Waals surface area (Å²) in [6, 6.07) is 8.10. The lowest BCUT2D eigenvalue weighted by molar-refractivity contribution is -0.393. The van der Waals surface area contributed by atoms with E-state index >= 15 is 0 Å². The van der Waals surface area contributed by atoms with Crippen molar-refractivity contribution in [3.05, 3.63) is 56.1 Å². The van der Waals surface area contributed by atoms with Gasteiger partial charge in [-0.15, -0.1) is 10.2 Å². The number of rotatable bonds is 6. The molecule has 0 saturated carbocycles. The van der Waals surface area contributed by atoms with E-state index in [0.717, 1.165) is 11.8 Å². The van der Waals surface area contributed by atoms with Crippen molar-refractivity contribution in [1.82, 2.24) is 0 Å². The molecule has 2 aromatic rings. The van der Waals surface area contributed by atoms with Gasteiger partial charge in [-0.2, -0.15) is 5.26 Å². The molecule has 0 bridgehead atoms. The standard InChI is InChI=1S/C17H15N7O5/c1-10(25)19-15-7-12(22(2)3)4-5-14(15)20-21-17-11(9-18)6-13(23(26)27)8-16(17)24(28)29/h4-8H,1-3H3,(H,19,25). The summed E-state index contributed by atoms with van der Waals surface area (Å²) in [6.07, 6.45) is 0. The van der Waals surface area contributed by atoms with E-state index in [1.165, 1.54) is 13.0 Å². The maximum Gasteiger partial charge on any atom is 0.304 e. The highest BCUT2D eigenvalue weighted by Gasteiger charge is 2.24. The van der Waals surface area contributed by atoms with Crippen molar-refractivity contribution >= 4 is 40.0 Å². The first kappa shape index (κ1) is 20.9. The van der Waals surface area contributed by atoms with Crippen molar-refractivity contribution in [2.24, 2.45) is 10.2 Å². The number of nitriles is 1. The molecule has 2 rings (SSSR count). The monoisotopic (exact) mass is 397 g/mol. The fourth-order valence-corrected chi connectivity index (χ4v) is 2.32. The molecule has 0 spiro atoms. The number of carbonyl (C=O) groups excluding carboxylic acids is 1. The molecule has 29 heavy (non-hydrogen) atoms. The van der Waals surface area contributed by atoms with Gasteiger partial charge in [0.25, 0.3) is 5.69 Å².